The molecule has 2 fully saturated rings. The molecule has 0 amide bonds. The Labute approximate surface area is 120 Å². The highest BCUT2D eigenvalue weighted by Gasteiger charge is 2.18. The number of likely N-dealkylation sites (tertiary alicyclic amines) is 2. The molecule has 1 aromatic rings. The van der Waals surface area contributed by atoms with Crippen molar-refractivity contribution in [3.05, 3.63) is 35.4 Å². The number of nitrogens with zero attached hydrogens (tertiary/aromatic N) is 2. The van der Waals surface area contributed by atoms with Gasteiger partial charge in [-0.15, -0.1) is 0 Å². The number of hydrogen-bond donors (Lipinski definition) is 2. The fraction of sp³-hybridized carbons (Fsp3) is 0.500. The molecule has 2 aliphatic rings. The van der Waals surface area contributed by atoms with Crippen LogP contribution < -0.4 is 0 Å². The highest BCUT2D eigenvalue weighted by Crippen LogP contribution is 2.16. The summed E-state index contributed by atoms with van der Waals surface area (Å²) in [6, 6.07) is 7.95. The lowest BCUT2D eigenvalue weighted by molar-refractivity contribution is 0.516. The molecule has 2 heterocycles. The summed E-state index contributed by atoms with van der Waals surface area (Å²) < 4.78 is 0. The number of hydrogen-bond acceptors (Lipinski definition) is 2. The van der Waals surface area contributed by atoms with Crippen LogP contribution in [0.3, 0.4) is 0 Å². The second-order valence-electron chi connectivity index (χ2n) is 5.66. The molecule has 1 aromatic carbocycles. The first-order chi connectivity index (χ1) is 9.75. The monoisotopic (exact) mass is 270 g/mol. The van der Waals surface area contributed by atoms with Crippen LogP contribution in [-0.2, 0) is 0 Å². The summed E-state index contributed by atoms with van der Waals surface area (Å²) in [5.41, 5.74) is 1.93. The number of rotatable bonds is 2. The van der Waals surface area contributed by atoms with Crippen molar-refractivity contribution >= 4 is 11.7 Å². The highest BCUT2D eigenvalue weighted by molar-refractivity contribution is 6.00. The van der Waals surface area contributed by atoms with Crippen LogP contribution >= 0.6 is 0 Å². The molecule has 4 nitrogen and oxygen atoms in total. The normalized spacial score (nSPS) is 18.6. The van der Waals surface area contributed by atoms with E-state index in [2.05, 4.69) is 9.80 Å². The Kier molecular flexibility index (Phi) is 3.72. The van der Waals surface area contributed by atoms with E-state index in [-0.39, 0.29) is 0 Å². The topological polar surface area (TPSA) is 54.2 Å². The van der Waals surface area contributed by atoms with Gasteiger partial charge in [0, 0.05) is 37.3 Å². The quantitative estimate of drug-likeness (QED) is 0.641. The Morgan fingerprint density at radius 2 is 0.950 bits per heavy atom. The van der Waals surface area contributed by atoms with Gasteiger partial charge in [-0.05, 0) is 25.7 Å². The lowest BCUT2D eigenvalue weighted by atomic mass is 10.1. The van der Waals surface area contributed by atoms with Gasteiger partial charge in [0.1, 0.15) is 11.7 Å². The Morgan fingerprint density at radius 3 is 1.25 bits per heavy atom. The number of benzene rings is 1. The molecule has 0 aromatic heterocycles. The minimum absolute atomic E-state index is 0.627. The van der Waals surface area contributed by atoms with E-state index < -0.39 is 0 Å². The molecule has 106 valence electrons. The van der Waals surface area contributed by atoms with Crippen molar-refractivity contribution in [1.29, 1.82) is 10.8 Å². The molecule has 4 heteroatoms. The highest BCUT2D eigenvalue weighted by atomic mass is 15.2. The van der Waals surface area contributed by atoms with Crippen molar-refractivity contribution in [3.63, 3.8) is 0 Å². The van der Waals surface area contributed by atoms with Crippen molar-refractivity contribution in [2.45, 2.75) is 25.7 Å². The molecular weight excluding hydrogens is 248 g/mol. The first-order valence-electron chi connectivity index (χ1n) is 7.53. The van der Waals surface area contributed by atoms with Gasteiger partial charge in [-0.25, -0.2) is 0 Å². The van der Waals surface area contributed by atoms with Gasteiger partial charge in [0.25, 0.3) is 0 Å². The molecule has 0 bridgehead atoms. The van der Waals surface area contributed by atoms with Crippen molar-refractivity contribution < 1.29 is 0 Å². The van der Waals surface area contributed by atoms with Gasteiger partial charge >= 0.3 is 0 Å². The first-order valence-corrected chi connectivity index (χ1v) is 7.53. The molecule has 2 saturated heterocycles. The van der Waals surface area contributed by atoms with Gasteiger partial charge in [-0.2, -0.15) is 0 Å². The minimum Gasteiger partial charge on any atom is -0.357 e. The van der Waals surface area contributed by atoms with Crippen LogP contribution in [0.2, 0.25) is 0 Å². The van der Waals surface area contributed by atoms with E-state index in [1.165, 1.54) is 25.7 Å². The van der Waals surface area contributed by atoms with Gasteiger partial charge in [0.15, 0.2) is 0 Å². The van der Waals surface area contributed by atoms with E-state index in [9.17, 15) is 0 Å². The third-order valence-corrected chi connectivity index (χ3v) is 4.28. The third-order valence-electron chi connectivity index (χ3n) is 4.28. The molecule has 0 spiro atoms. The maximum absolute atomic E-state index is 8.23. The Bertz CT molecular complexity index is 447. The third kappa shape index (κ3) is 2.55. The van der Waals surface area contributed by atoms with Gasteiger partial charge in [0.05, 0.1) is 0 Å². The zero-order valence-electron chi connectivity index (χ0n) is 11.9. The Morgan fingerprint density at radius 1 is 0.650 bits per heavy atom. The predicted octanol–water partition coefficient (Wildman–Crippen LogP) is 2.53. The fourth-order valence-electron chi connectivity index (χ4n) is 3.03. The van der Waals surface area contributed by atoms with Crippen molar-refractivity contribution in [2.75, 3.05) is 26.2 Å². The second kappa shape index (κ2) is 5.65. The Balaban J connectivity index is 1.70. The molecule has 0 saturated carbocycles. The minimum atomic E-state index is 0.627. The lowest BCUT2D eigenvalue weighted by Crippen LogP contribution is -2.29. The van der Waals surface area contributed by atoms with Gasteiger partial charge in [-0.3, -0.25) is 10.8 Å². The molecule has 0 unspecified atom stereocenters. The van der Waals surface area contributed by atoms with E-state index in [0.29, 0.717) is 11.7 Å². The maximum atomic E-state index is 8.23. The smallest absolute Gasteiger partial charge is 0.128 e. The maximum Gasteiger partial charge on any atom is 0.128 e. The van der Waals surface area contributed by atoms with E-state index in [4.69, 9.17) is 10.8 Å². The van der Waals surface area contributed by atoms with E-state index in [1.54, 1.807) is 0 Å². The molecule has 3 rings (SSSR count). The zero-order valence-corrected chi connectivity index (χ0v) is 11.9. The van der Waals surface area contributed by atoms with Crippen LogP contribution in [0, 0.1) is 10.8 Å². The summed E-state index contributed by atoms with van der Waals surface area (Å²) >= 11 is 0. The predicted molar refractivity (Wildman–Crippen MR) is 81.7 cm³/mol. The first kappa shape index (κ1) is 13.2. The largest absolute Gasteiger partial charge is 0.357 e. The van der Waals surface area contributed by atoms with Gasteiger partial charge in [-0.1, -0.05) is 24.3 Å². The molecule has 2 N–H and O–H groups in total. The molecule has 2 aliphatic heterocycles. The van der Waals surface area contributed by atoms with E-state index >= 15 is 0 Å². The summed E-state index contributed by atoms with van der Waals surface area (Å²) in [4.78, 5) is 4.28. The number of nitrogens with one attached hydrogen (secondary N) is 2. The van der Waals surface area contributed by atoms with Gasteiger partial charge < -0.3 is 9.80 Å². The SMILES string of the molecule is N=C(c1ccc(C(=N)N2CCCC2)cc1)N1CCCC1. The summed E-state index contributed by atoms with van der Waals surface area (Å²) in [6.07, 6.45) is 4.78. The standard InChI is InChI=1S/C16H22N4/c17-15(19-9-1-2-10-19)13-5-7-14(8-6-13)16(18)20-11-3-4-12-20/h5-8,17-18H,1-4,9-12H2. The fourth-order valence-corrected chi connectivity index (χ4v) is 3.03. The van der Waals surface area contributed by atoms with Gasteiger partial charge in [0.2, 0.25) is 0 Å². The van der Waals surface area contributed by atoms with Crippen LogP contribution in [0.15, 0.2) is 24.3 Å². The van der Waals surface area contributed by atoms with Crippen molar-refractivity contribution in [1.82, 2.24) is 9.80 Å². The molecule has 0 aliphatic carbocycles. The summed E-state index contributed by atoms with van der Waals surface area (Å²) in [6.45, 7) is 4.02. The van der Waals surface area contributed by atoms with Crippen LogP contribution in [0.25, 0.3) is 0 Å². The van der Waals surface area contributed by atoms with Crippen LogP contribution in [0.1, 0.15) is 36.8 Å². The van der Waals surface area contributed by atoms with E-state index in [0.717, 1.165) is 37.3 Å². The average Bonchev–Trinajstić information content (AvgIpc) is 3.18. The zero-order chi connectivity index (χ0) is 13.9. The van der Waals surface area contributed by atoms with E-state index in [1.807, 2.05) is 24.3 Å². The molecule has 0 atom stereocenters. The molecule has 20 heavy (non-hydrogen) atoms. The van der Waals surface area contributed by atoms with Crippen LogP contribution in [0.4, 0.5) is 0 Å². The summed E-state index contributed by atoms with van der Waals surface area (Å²) in [5.74, 6) is 1.25. The lowest BCUT2D eigenvalue weighted by Gasteiger charge is -2.20. The molecular formula is C16H22N4. The number of amidine groups is 2. The second-order valence-corrected chi connectivity index (χ2v) is 5.66. The Hall–Kier alpha value is -1.84. The van der Waals surface area contributed by atoms with Crippen LogP contribution in [0.5, 0.6) is 0 Å². The van der Waals surface area contributed by atoms with Crippen LogP contribution in [-0.4, -0.2) is 47.7 Å². The van der Waals surface area contributed by atoms with Crippen molar-refractivity contribution in [2.24, 2.45) is 0 Å². The van der Waals surface area contributed by atoms with Crippen molar-refractivity contribution in [3.8, 4) is 0 Å². The average molecular weight is 270 g/mol. The molecule has 0 radical (unpaired) electrons. The summed E-state index contributed by atoms with van der Waals surface area (Å²) in [5, 5.41) is 16.5. The summed E-state index contributed by atoms with van der Waals surface area (Å²) in [7, 11) is 0.